The van der Waals surface area contributed by atoms with Crippen molar-refractivity contribution in [2.24, 2.45) is 5.92 Å². The fourth-order valence-electron chi connectivity index (χ4n) is 3.74. The van der Waals surface area contributed by atoms with Crippen molar-refractivity contribution in [3.05, 3.63) is 90.6 Å². The van der Waals surface area contributed by atoms with Crippen LogP contribution in [0.2, 0.25) is 0 Å². The van der Waals surface area contributed by atoms with Gasteiger partial charge in [0.15, 0.2) is 0 Å². The molecule has 1 aliphatic heterocycles. The predicted molar refractivity (Wildman–Crippen MR) is 122 cm³/mol. The van der Waals surface area contributed by atoms with E-state index < -0.39 is 12.0 Å². The lowest BCUT2D eigenvalue weighted by molar-refractivity contribution is -0.129. The second-order valence-corrected chi connectivity index (χ2v) is 7.70. The molecule has 0 saturated carbocycles. The van der Waals surface area contributed by atoms with E-state index >= 15 is 0 Å². The highest BCUT2D eigenvalue weighted by Gasteiger charge is 2.36. The fourth-order valence-corrected chi connectivity index (χ4v) is 3.74. The maximum absolute atomic E-state index is 13.0. The van der Waals surface area contributed by atoms with Crippen LogP contribution in [0.4, 0.5) is 11.5 Å². The molecule has 1 aliphatic rings. The Labute approximate surface area is 186 Å². The number of hydrogen-bond donors (Lipinski definition) is 2. The molecule has 162 valence electrons. The van der Waals surface area contributed by atoms with Crippen LogP contribution in [0.3, 0.4) is 0 Å². The summed E-state index contributed by atoms with van der Waals surface area (Å²) in [6, 6.07) is 23.2. The average Bonchev–Trinajstić information content (AvgIpc) is 3.22. The monoisotopic (exact) mass is 428 g/mol. The fraction of sp³-hybridized carbons (Fsp3) is 0.200. The molecule has 4 rings (SSSR count). The molecule has 0 spiro atoms. The molecule has 2 N–H and O–H groups in total. The second kappa shape index (κ2) is 9.87. The van der Waals surface area contributed by atoms with Crippen LogP contribution >= 0.6 is 0 Å². The van der Waals surface area contributed by atoms with Gasteiger partial charge in [0.25, 0.3) is 0 Å². The summed E-state index contributed by atoms with van der Waals surface area (Å²) in [5.41, 5.74) is 1.68. The Morgan fingerprint density at radius 3 is 2.34 bits per heavy atom. The third-order valence-electron chi connectivity index (χ3n) is 5.40. The first-order valence-electron chi connectivity index (χ1n) is 10.5. The molecule has 1 fully saturated rings. The molecule has 2 atom stereocenters. The van der Waals surface area contributed by atoms with E-state index in [1.54, 1.807) is 29.3 Å². The van der Waals surface area contributed by atoms with Crippen molar-refractivity contribution in [3.8, 4) is 0 Å². The van der Waals surface area contributed by atoms with Gasteiger partial charge in [-0.1, -0.05) is 54.6 Å². The van der Waals surface area contributed by atoms with Gasteiger partial charge in [0.2, 0.25) is 17.7 Å². The Bertz CT molecular complexity index is 1070. The molecule has 2 aromatic carbocycles. The summed E-state index contributed by atoms with van der Waals surface area (Å²) in [5.74, 6) is -0.882. The van der Waals surface area contributed by atoms with E-state index in [1.807, 2.05) is 60.7 Å². The summed E-state index contributed by atoms with van der Waals surface area (Å²) in [7, 11) is 0. The lowest BCUT2D eigenvalue weighted by atomic mass is 10.0. The molecule has 0 radical (unpaired) electrons. The highest BCUT2D eigenvalue weighted by molar-refractivity contribution is 6.02. The van der Waals surface area contributed by atoms with Crippen molar-refractivity contribution >= 4 is 29.2 Å². The molecule has 1 aromatic heterocycles. The second-order valence-electron chi connectivity index (χ2n) is 7.70. The molecule has 3 amide bonds. The van der Waals surface area contributed by atoms with Crippen LogP contribution in [0.25, 0.3) is 0 Å². The van der Waals surface area contributed by atoms with Crippen LogP contribution in [-0.2, 0) is 20.8 Å². The first-order valence-corrected chi connectivity index (χ1v) is 10.5. The van der Waals surface area contributed by atoms with Crippen molar-refractivity contribution in [1.82, 2.24) is 10.3 Å². The van der Waals surface area contributed by atoms with Gasteiger partial charge in [-0.3, -0.25) is 14.4 Å². The maximum Gasteiger partial charge on any atom is 0.248 e. The third kappa shape index (κ3) is 5.18. The number of rotatable bonds is 7. The first kappa shape index (κ1) is 21.2. The Balaban J connectivity index is 1.47. The van der Waals surface area contributed by atoms with Gasteiger partial charge in [0, 0.05) is 31.3 Å². The van der Waals surface area contributed by atoms with Gasteiger partial charge in [0.05, 0.1) is 5.92 Å². The number of benzene rings is 2. The van der Waals surface area contributed by atoms with Crippen LogP contribution in [0.15, 0.2) is 85.1 Å². The first-order chi connectivity index (χ1) is 15.6. The normalized spacial score (nSPS) is 16.4. The van der Waals surface area contributed by atoms with Crippen molar-refractivity contribution in [3.63, 3.8) is 0 Å². The van der Waals surface area contributed by atoms with E-state index in [-0.39, 0.29) is 30.7 Å². The number of amides is 3. The third-order valence-corrected chi connectivity index (χ3v) is 5.40. The molecular weight excluding hydrogens is 404 g/mol. The number of para-hydroxylation sites is 1. The van der Waals surface area contributed by atoms with Crippen molar-refractivity contribution < 1.29 is 14.4 Å². The van der Waals surface area contributed by atoms with Gasteiger partial charge < -0.3 is 15.5 Å². The van der Waals surface area contributed by atoms with Crippen LogP contribution in [0, 0.1) is 5.92 Å². The van der Waals surface area contributed by atoms with Gasteiger partial charge in [-0.05, 0) is 29.8 Å². The highest BCUT2D eigenvalue weighted by Crippen LogP contribution is 2.25. The minimum absolute atomic E-state index is 0.103. The lowest BCUT2D eigenvalue weighted by Crippen LogP contribution is -2.47. The quantitative estimate of drug-likeness (QED) is 0.605. The SMILES string of the molecule is O=C(N[C@H](Cc1ccccc1)C(=O)Nc1ccccn1)[C@H]1CC(=O)N(c2ccccc2)C1. The van der Waals surface area contributed by atoms with Crippen LogP contribution in [0.1, 0.15) is 12.0 Å². The van der Waals surface area contributed by atoms with E-state index in [4.69, 9.17) is 0 Å². The van der Waals surface area contributed by atoms with Gasteiger partial charge in [0.1, 0.15) is 11.9 Å². The highest BCUT2D eigenvalue weighted by atomic mass is 16.2. The molecule has 2 heterocycles. The zero-order valence-corrected chi connectivity index (χ0v) is 17.5. The number of hydrogen-bond acceptors (Lipinski definition) is 4. The van der Waals surface area contributed by atoms with Crippen molar-refractivity contribution in [2.75, 3.05) is 16.8 Å². The standard InChI is InChI=1S/C25H24N4O3/c30-23-16-19(17-29(23)20-11-5-2-6-12-20)24(31)27-21(15-18-9-3-1-4-10-18)25(32)28-22-13-7-8-14-26-22/h1-14,19,21H,15-17H2,(H,27,31)(H,26,28,32)/t19-,21+/m0/s1. The van der Waals surface area contributed by atoms with Crippen LogP contribution < -0.4 is 15.5 Å². The molecule has 7 heteroatoms. The minimum Gasteiger partial charge on any atom is -0.344 e. The maximum atomic E-state index is 13.0. The van der Waals surface area contributed by atoms with Crippen molar-refractivity contribution in [2.45, 2.75) is 18.9 Å². The summed E-state index contributed by atoms with van der Waals surface area (Å²) < 4.78 is 0. The summed E-state index contributed by atoms with van der Waals surface area (Å²) in [4.78, 5) is 44.3. The van der Waals surface area contributed by atoms with E-state index in [1.165, 1.54) is 0 Å². The Hall–Kier alpha value is -4.00. The summed E-state index contributed by atoms with van der Waals surface area (Å²) in [6.07, 6.45) is 2.03. The zero-order valence-electron chi connectivity index (χ0n) is 17.5. The molecule has 0 bridgehead atoms. The van der Waals surface area contributed by atoms with Gasteiger partial charge in [-0.15, -0.1) is 0 Å². The molecule has 7 nitrogen and oxygen atoms in total. The predicted octanol–water partition coefficient (Wildman–Crippen LogP) is 2.80. The van der Waals surface area contributed by atoms with E-state index in [9.17, 15) is 14.4 Å². The molecular formula is C25H24N4O3. The lowest BCUT2D eigenvalue weighted by Gasteiger charge is -2.21. The molecule has 3 aromatic rings. The Morgan fingerprint density at radius 1 is 0.969 bits per heavy atom. The summed E-state index contributed by atoms with van der Waals surface area (Å²) in [6.45, 7) is 0.286. The minimum atomic E-state index is -0.798. The zero-order chi connectivity index (χ0) is 22.3. The average molecular weight is 428 g/mol. The van der Waals surface area contributed by atoms with Gasteiger partial charge in [-0.2, -0.15) is 0 Å². The summed E-state index contributed by atoms with van der Waals surface area (Å²) >= 11 is 0. The van der Waals surface area contributed by atoms with E-state index in [0.717, 1.165) is 11.3 Å². The summed E-state index contributed by atoms with van der Waals surface area (Å²) in [5, 5.41) is 5.62. The van der Waals surface area contributed by atoms with Crippen LogP contribution in [-0.4, -0.2) is 35.3 Å². The Morgan fingerprint density at radius 2 is 1.66 bits per heavy atom. The van der Waals surface area contributed by atoms with E-state index in [2.05, 4.69) is 15.6 Å². The molecule has 1 saturated heterocycles. The number of nitrogens with one attached hydrogen (secondary N) is 2. The molecule has 0 aliphatic carbocycles. The number of nitrogens with zero attached hydrogens (tertiary/aromatic N) is 2. The number of carbonyl (C=O) groups is 3. The van der Waals surface area contributed by atoms with Gasteiger partial charge in [-0.25, -0.2) is 4.98 Å². The van der Waals surface area contributed by atoms with Crippen molar-refractivity contribution in [1.29, 1.82) is 0 Å². The van der Waals surface area contributed by atoms with Crippen LogP contribution in [0.5, 0.6) is 0 Å². The largest absolute Gasteiger partial charge is 0.344 e. The van der Waals surface area contributed by atoms with Gasteiger partial charge >= 0.3 is 0 Å². The number of aromatic nitrogens is 1. The Kier molecular flexibility index (Phi) is 6.55. The molecule has 32 heavy (non-hydrogen) atoms. The molecule has 0 unspecified atom stereocenters. The smallest absolute Gasteiger partial charge is 0.248 e. The number of anilines is 2. The van der Waals surface area contributed by atoms with E-state index in [0.29, 0.717) is 12.2 Å². The number of pyridine rings is 1. The number of carbonyl (C=O) groups excluding carboxylic acids is 3. The topological polar surface area (TPSA) is 91.4 Å².